The van der Waals surface area contributed by atoms with Gasteiger partial charge >= 0.3 is 6.09 Å². The van der Waals surface area contributed by atoms with Crippen molar-refractivity contribution in [1.29, 1.82) is 0 Å². The van der Waals surface area contributed by atoms with E-state index in [-0.39, 0.29) is 23.8 Å². The number of hydrogen-bond acceptors (Lipinski definition) is 5. The maximum Gasteiger partial charge on any atom is 0.410 e. The van der Waals surface area contributed by atoms with Crippen LogP contribution >= 0.6 is 0 Å². The molecule has 2 aliphatic rings. The molecule has 5 rings (SSSR count). The summed E-state index contributed by atoms with van der Waals surface area (Å²) < 4.78 is 17.8. The van der Waals surface area contributed by atoms with Crippen molar-refractivity contribution in [2.24, 2.45) is 5.92 Å². The number of fused-ring (bicyclic) bond motifs is 1. The monoisotopic (exact) mass is 514 g/mol. The minimum Gasteiger partial charge on any atom is -0.493 e. The molecule has 1 saturated heterocycles. The van der Waals surface area contributed by atoms with Gasteiger partial charge in [-0.1, -0.05) is 48.5 Å². The van der Waals surface area contributed by atoms with Gasteiger partial charge in [-0.15, -0.1) is 0 Å². The second kappa shape index (κ2) is 10.8. The van der Waals surface area contributed by atoms with Crippen LogP contribution in [-0.4, -0.2) is 42.2 Å². The first-order valence-electron chi connectivity index (χ1n) is 13.0. The molecule has 2 unspecified atom stereocenters. The smallest absolute Gasteiger partial charge is 0.410 e. The van der Waals surface area contributed by atoms with Gasteiger partial charge < -0.3 is 24.4 Å². The Morgan fingerprint density at radius 2 is 1.68 bits per heavy atom. The molecule has 2 aliphatic heterocycles. The lowest BCUT2D eigenvalue weighted by molar-refractivity contribution is 0.0283. The third-order valence-corrected chi connectivity index (χ3v) is 6.88. The van der Waals surface area contributed by atoms with Crippen molar-refractivity contribution in [2.75, 3.05) is 19.7 Å². The zero-order valence-corrected chi connectivity index (χ0v) is 22.1. The number of rotatable bonds is 7. The van der Waals surface area contributed by atoms with Crippen molar-refractivity contribution in [3.8, 4) is 11.5 Å². The van der Waals surface area contributed by atoms with Crippen LogP contribution in [0.3, 0.4) is 0 Å². The van der Waals surface area contributed by atoms with Crippen molar-refractivity contribution in [1.82, 2.24) is 10.2 Å². The molecule has 2 amide bonds. The summed E-state index contributed by atoms with van der Waals surface area (Å²) in [6, 6.07) is 23.8. The molecule has 198 valence electrons. The molecule has 7 heteroatoms. The summed E-state index contributed by atoms with van der Waals surface area (Å²) in [6.07, 6.45) is -0.318. The maximum absolute atomic E-state index is 12.9. The number of carbonyl (C=O) groups is 2. The van der Waals surface area contributed by atoms with Gasteiger partial charge in [-0.2, -0.15) is 0 Å². The molecule has 0 bridgehead atoms. The summed E-state index contributed by atoms with van der Waals surface area (Å²) >= 11 is 0. The minimum absolute atomic E-state index is 0.0562. The fourth-order valence-electron chi connectivity index (χ4n) is 4.93. The highest BCUT2D eigenvalue weighted by atomic mass is 16.6. The van der Waals surface area contributed by atoms with E-state index >= 15 is 0 Å². The van der Waals surface area contributed by atoms with E-state index < -0.39 is 5.60 Å². The van der Waals surface area contributed by atoms with Crippen molar-refractivity contribution in [3.05, 3.63) is 95.1 Å². The fraction of sp³-hybridized carbons (Fsp3) is 0.355. The summed E-state index contributed by atoms with van der Waals surface area (Å²) in [5, 5.41) is 2.83. The molecule has 0 aromatic heterocycles. The highest BCUT2D eigenvalue weighted by Crippen LogP contribution is 2.35. The van der Waals surface area contributed by atoms with Gasteiger partial charge in [-0.05, 0) is 61.7 Å². The van der Waals surface area contributed by atoms with Gasteiger partial charge in [0.05, 0.1) is 6.61 Å². The molecule has 2 atom stereocenters. The molecule has 1 fully saturated rings. The Morgan fingerprint density at radius 3 is 2.42 bits per heavy atom. The fourth-order valence-corrected chi connectivity index (χ4v) is 4.93. The Balaban J connectivity index is 1.29. The van der Waals surface area contributed by atoms with Crippen LogP contribution in [0.1, 0.15) is 53.7 Å². The first kappa shape index (κ1) is 25.6. The SMILES string of the molecule is CC(C)(C)OC(=O)N1CC(COc2ccc3c(c2)C(=O)NC3)C(c2ccc(OCc3ccccc3)cc2)C1. The van der Waals surface area contributed by atoms with E-state index in [2.05, 4.69) is 17.4 Å². The topological polar surface area (TPSA) is 77.1 Å². The summed E-state index contributed by atoms with van der Waals surface area (Å²) in [4.78, 5) is 26.7. The Bertz CT molecular complexity index is 1280. The number of hydrogen-bond donors (Lipinski definition) is 1. The van der Waals surface area contributed by atoms with Gasteiger partial charge in [0.15, 0.2) is 0 Å². The van der Waals surface area contributed by atoms with Gasteiger partial charge in [-0.25, -0.2) is 4.79 Å². The van der Waals surface area contributed by atoms with E-state index in [0.29, 0.717) is 44.2 Å². The van der Waals surface area contributed by atoms with Crippen LogP contribution in [0.5, 0.6) is 11.5 Å². The normalized spacial score (nSPS) is 18.6. The van der Waals surface area contributed by atoms with Crippen LogP contribution in [0.4, 0.5) is 4.79 Å². The number of nitrogens with zero attached hydrogens (tertiary/aromatic N) is 1. The van der Waals surface area contributed by atoms with Crippen molar-refractivity contribution in [3.63, 3.8) is 0 Å². The lowest BCUT2D eigenvalue weighted by atomic mass is 9.89. The molecular formula is C31H34N2O5. The number of benzene rings is 3. The number of amides is 2. The van der Waals surface area contributed by atoms with E-state index in [1.54, 1.807) is 11.0 Å². The molecule has 0 radical (unpaired) electrons. The van der Waals surface area contributed by atoms with Crippen LogP contribution in [-0.2, 0) is 17.9 Å². The van der Waals surface area contributed by atoms with Crippen LogP contribution < -0.4 is 14.8 Å². The van der Waals surface area contributed by atoms with Gasteiger partial charge in [0.1, 0.15) is 23.7 Å². The molecular weight excluding hydrogens is 480 g/mol. The first-order chi connectivity index (χ1) is 18.2. The van der Waals surface area contributed by atoms with Gasteiger partial charge in [0, 0.05) is 37.0 Å². The Labute approximate surface area is 223 Å². The summed E-state index contributed by atoms with van der Waals surface area (Å²) in [6.45, 7) is 8.15. The zero-order chi connectivity index (χ0) is 26.7. The van der Waals surface area contributed by atoms with Crippen molar-refractivity contribution >= 4 is 12.0 Å². The van der Waals surface area contributed by atoms with E-state index in [9.17, 15) is 9.59 Å². The molecule has 7 nitrogen and oxygen atoms in total. The van der Waals surface area contributed by atoms with E-state index in [4.69, 9.17) is 14.2 Å². The van der Waals surface area contributed by atoms with E-state index in [1.807, 2.05) is 75.4 Å². The van der Waals surface area contributed by atoms with Crippen molar-refractivity contribution < 1.29 is 23.8 Å². The summed E-state index contributed by atoms with van der Waals surface area (Å²) in [7, 11) is 0. The number of carbonyl (C=O) groups excluding carboxylic acids is 2. The van der Waals surface area contributed by atoms with Crippen LogP contribution in [0, 0.1) is 5.92 Å². The zero-order valence-electron chi connectivity index (χ0n) is 22.1. The highest BCUT2D eigenvalue weighted by Gasteiger charge is 2.38. The largest absolute Gasteiger partial charge is 0.493 e. The Hall–Kier alpha value is -4.00. The molecule has 0 saturated carbocycles. The van der Waals surface area contributed by atoms with Gasteiger partial charge in [-0.3, -0.25) is 4.79 Å². The molecule has 0 spiro atoms. The summed E-state index contributed by atoms with van der Waals surface area (Å²) in [5.74, 6) is 1.50. The molecule has 3 aromatic carbocycles. The third kappa shape index (κ3) is 6.10. The lowest BCUT2D eigenvalue weighted by Gasteiger charge is -2.24. The van der Waals surface area contributed by atoms with Gasteiger partial charge in [0.25, 0.3) is 5.91 Å². The first-order valence-corrected chi connectivity index (χ1v) is 13.0. The standard InChI is InChI=1S/C31H34N2O5/c1-31(2,3)38-30(35)33-17-24(20-37-26-14-11-23-16-32-29(34)27(23)15-26)28(18-33)22-9-12-25(13-10-22)36-19-21-7-5-4-6-8-21/h4-15,24,28H,16-20H2,1-3H3,(H,32,34). The number of likely N-dealkylation sites (tertiary alicyclic amines) is 1. The van der Waals surface area contributed by atoms with Crippen molar-refractivity contribution in [2.45, 2.75) is 45.4 Å². The average molecular weight is 515 g/mol. The maximum atomic E-state index is 12.9. The second-order valence-electron chi connectivity index (χ2n) is 10.9. The van der Waals surface area contributed by atoms with E-state index in [1.165, 1.54) is 0 Å². The van der Waals surface area contributed by atoms with Crippen LogP contribution in [0.2, 0.25) is 0 Å². The highest BCUT2D eigenvalue weighted by molar-refractivity contribution is 5.98. The number of ether oxygens (including phenoxy) is 3. The summed E-state index contributed by atoms with van der Waals surface area (Å²) in [5.41, 5.74) is 3.30. The Kier molecular flexibility index (Phi) is 7.27. The molecule has 1 N–H and O–H groups in total. The average Bonchev–Trinajstić information content (AvgIpc) is 3.50. The lowest BCUT2D eigenvalue weighted by Crippen LogP contribution is -2.35. The predicted molar refractivity (Wildman–Crippen MR) is 144 cm³/mol. The Morgan fingerprint density at radius 1 is 0.947 bits per heavy atom. The van der Waals surface area contributed by atoms with E-state index in [0.717, 1.165) is 22.4 Å². The third-order valence-electron chi connectivity index (χ3n) is 6.88. The minimum atomic E-state index is -0.566. The second-order valence-corrected chi connectivity index (χ2v) is 10.9. The van der Waals surface area contributed by atoms with Crippen LogP contribution in [0.15, 0.2) is 72.8 Å². The molecule has 3 aromatic rings. The van der Waals surface area contributed by atoms with Crippen LogP contribution in [0.25, 0.3) is 0 Å². The number of nitrogens with one attached hydrogen (secondary N) is 1. The molecule has 2 heterocycles. The molecule has 0 aliphatic carbocycles. The molecule has 38 heavy (non-hydrogen) atoms. The quantitative estimate of drug-likeness (QED) is 0.448. The predicted octanol–water partition coefficient (Wildman–Crippen LogP) is 5.54. The van der Waals surface area contributed by atoms with Gasteiger partial charge in [0.2, 0.25) is 0 Å².